The Kier molecular flexibility index (Phi) is 8.07. The Morgan fingerprint density at radius 3 is 2.34 bits per heavy atom. The zero-order valence-electron chi connectivity index (χ0n) is 23.3. The Morgan fingerprint density at radius 1 is 0.976 bits per heavy atom. The summed E-state index contributed by atoms with van der Waals surface area (Å²) < 4.78 is 35.2. The molecule has 0 aromatic heterocycles. The normalized spacial score (nSPS) is 23.8. The molecule has 5 rings (SSSR count). The highest BCUT2D eigenvalue weighted by Gasteiger charge is 2.47. The number of carbonyl (C=O) groups is 1. The molecule has 0 bridgehead atoms. The zero-order chi connectivity index (χ0) is 29.6. The largest absolute Gasteiger partial charge is 0.493 e. The highest BCUT2D eigenvalue weighted by Crippen LogP contribution is 2.50. The van der Waals surface area contributed by atoms with E-state index in [9.17, 15) is 25.2 Å². The molecule has 12 nitrogen and oxygen atoms in total. The molecule has 3 aliphatic rings. The van der Waals surface area contributed by atoms with Gasteiger partial charge in [-0.2, -0.15) is 0 Å². The Bertz CT molecular complexity index is 1290. The van der Waals surface area contributed by atoms with Crippen LogP contribution in [0.5, 0.6) is 28.7 Å². The molecule has 3 heterocycles. The first-order valence-electron chi connectivity index (χ1n) is 13.4. The fourth-order valence-corrected chi connectivity index (χ4v) is 5.51. The van der Waals surface area contributed by atoms with E-state index < -0.39 is 54.7 Å². The van der Waals surface area contributed by atoms with Crippen LogP contribution in [0.1, 0.15) is 41.3 Å². The van der Waals surface area contributed by atoms with E-state index in [1.165, 1.54) is 14.2 Å². The lowest BCUT2D eigenvalue weighted by atomic mass is 9.81. The molecule has 5 N–H and O–H groups in total. The van der Waals surface area contributed by atoms with Crippen LogP contribution in [0.3, 0.4) is 0 Å². The first-order valence-corrected chi connectivity index (χ1v) is 13.4. The topological polar surface area (TPSA) is 174 Å². The van der Waals surface area contributed by atoms with E-state index in [0.717, 1.165) is 5.56 Å². The summed E-state index contributed by atoms with van der Waals surface area (Å²) in [7, 11) is 3.06. The van der Waals surface area contributed by atoms with Crippen LogP contribution >= 0.6 is 0 Å². The zero-order valence-corrected chi connectivity index (χ0v) is 23.3. The van der Waals surface area contributed by atoms with E-state index in [4.69, 9.17) is 33.5 Å². The fourth-order valence-electron chi connectivity index (χ4n) is 5.51. The molecule has 2 aromatic carbocycles. The number of hydrogen-bond acceptors (Lipinski definition) is 12. The molecule has 0 aliphatic carbocycles. The third kappa shape index (κ3) is 5.20. The summed E-state index contributed by atoms with van der Waals surface area (Å²) in [6.45, 7) is 2.52. The molecule has 0 fully saturated rings. The first kappa shape index (κ1) is 29.4. The van der Waals surface area contributed by atoms with Gasteiger partial charge in [0.15, 0.2) is 17.3 Å². The van der Waals surface area contributed by atoms with Crippen molar-refractivity contribution in [2.75, 3.05) is 34.0 Å². The van der Waals surface area contributed by atoms with Crippen LogP contribution < -0.4 is 23.7 Å². The maximum atomic E-state index is 13.8. The molecule has 0 saturated heterocycles. The predicted octanol–water partition coefficient (Wildman–Crippen LogP) is 0.358. The number of fused-ring (bicyclic) bond motifs is 6. The summed E-state index contributed by atoms with van der Waals surface area (Å²) in [6, 6.07) is 6.87. The Hall–Kier alpha value is -3.13. The number of ether oxygens (including phenoxy) is 6. The van der Waals surface area contributed by atoms with E-state index in [-0.39, 0.29) is 19.0 Å². The summed E-state index contributed by atoms with van der Waals surface area (Å²) in [5, 5.41) is 48.8. The number of hydrogen-bond donors (Lipinski definition) is 5. The molecule has 0 spiro atoms. The van der Waals surface area contributed by atoms with Crippen molar-refractivity contribution in [1.82, 2.24) is 0 Å². The molecule has 4 unspecified atom stereocenters. The van der Waals surface area contributed by atoms with Crippen LogP contribution in [0.4, 0.5) is 0 Å². The van der Waals surface area contributed by atoms with Crippen molar-refractivity contribution in [1.29, 1.82) is 0 Å². The lowest BCUT2D eigenvalue weighted by Crippen LogP contribution is -2.50. The summed E-state index contributed by atoms with van der Waals surface area (Å²) in [6.07, 6.45) is -7.38. The highest BCUT2D eigenvalue weighted by molar-refractivity contribution is 6.06. The highest BCUT2D eigenvalue weighted by atomic mass is 16.6. The lowest BCUT2D eigenvalue weighted by Gasteiger charge is -2.37. The van der Waals surface area contributed by atoms with Gasteiger partial charge < -0.3 is 54.0 Å². The minimum atomic E-state index is -1.75. The van der Waals surface area contributed by atoms with Crippen LogP contribution in [0.25, 0.3) is 0 Å². The van der Waals surface area contributed by atoms with Crippen molar-refractivity contribution in [3.05, 3.63) is 41.0 Å². The van der Waals surface area contributed by atoms with Crippen LogP contribution in [0.2, 0.25) is 0 Å². The Labute approximate surface area is 236 Å². The van der Waals surface area contributed by atoms with Gasteiger partial charge in [0.05, 0.1) is 44.5 Å². The predicted molar refractivity (Wildman–Crippen MR) is 142 cm³/mol. The number of methoxy groups -OCH3 is 2. The molecule has 7 atom stereocenters. The van der Waals surface area contributed by atoms with E-state index in [1.54, 1.807) is 38.1 Å². The van der Waals surface area contributed by atoms with Crippen molar-refractivity contribution in [2.45, 2.75) is 68.4 Å². The van der Waals surface area contributed by atoms with Crippen LogP contribution in [0.15, 0.2) is 24.3 Å². The second kappa shape index (κ2) is 11.3. The minimum absolute atomic E-state index is 0.101. The number of benzene rings is 2. The average molecular weight is 577 g/mol. The number of aliphatic hydroxyl groups is 5. The van der Waals surface area contributed by atoms with Gasteiger partial charge in [0.25, 0.3) is 0 Å². The molecule has 0 amide bonds. The van der Waals surface area contributed by atoms with Crippen molar-refractivity contribution in [2.24, 2.45) is 0 Å². The number of carbonyl (C=O) groups excluding carboxylic acids is 1. The first-order chi connectivity index (χ1) is 19.5. The van der Waals surface area contributed by atoms with Gasteiger partial charge in [-0.15, -0.1) is 0 Å². The van der Waals surface area contributed by atoms with Crippen LogP contribution in [-0.2, 0) is 11.2 Å². The minimum Gasteiger partial charge on any atom is -0.493 e. The maximum absolute atomic E-state index is 13.8. The Balaban J connectivity index is 1.33. The van der Waals surface area contributed by atoms with Gasteiger partial charge in [0.1, 0.15) is 60.5 Å². The summed E-state index contributed by atoms with van der Waals surface area (Å²) in [5.74, 6) is 1.82. The molecular weight excluding hydrogens is 540 g/mol. The van der Waals surface area contributed by atoms with Gasteiger partial charge in [-0.05, 0) is 32.0 Å². The van der Waals surface area contributed by atoms with Crippen molar-refractivity contribution >= 4 is 5.78 Å². The molecule has 41 heavy (non-hydrogen) atoms. The van der Waals surface area contributed by atoms with Crippen LogP contribution in [0, 0.1) is 0 Å². The van der Waals surface area contributed by atoms with Crippen molar-refractivity contribution in [3.63, 3.8) is 0 Å². The molecule has 12 heteroatoms. The van der Waals surface area contributed by atoms with Gasteiger partial charge in [0, 0.05) is 23.6 Å². The number of Topliss-reactive ketones (excluding diaryl/α,β-unsaturated/α-hetero) is 1. The maximum Gasteiger partial charge on any atom is 0.178 e. The number of ketones is 1. The fraction of sp³-hybridized carbons (Fsp3) is 0.552. The molecule has 224 valence electrons. The summed E-state index contributed by atoms with van der Waals surface area (Å²) in [4.78, 5) is 13.8. The van der Waals surface area contributed by atoms with Crippen molar-refractivity contribution in [3.8, 4) is 28.7 Å². The standard InChI is InChI=1S/C29H36O12/c1-29(2,39-11-17(32)27(35)26(34)16(31)10-30)23-8-15-18(40-23)6-5-13-25(33)24-14-7-20(36-3)21(37-4)9-19(14)38-12-22(24)41-28(13)15/h5-7,9,16-17,22-24,26-27,30-32,34-35H,8,10-12H2,1-4H3/t16?,17?,22-,23-,24+,26?,27?/m1/s1. The van der Waals surface area contributed by atoms with Crippen LogP contribution in [-0.4, -0.2) is 108 Å². The van der Waals surface area contributed by atoms with E-state index >= 15 is 0 Å². The average Bonchev–Trinajstić information content (AvgIpc) is 3.44. The SMILES string of the molecule is COc1cc2c(cc1OC)[C@@H]1C(=O)c3ccc4c(c3O[C@@H]1CO2)C[C@H](C(C)(C)OCC(O)C(O)C(O)C(O)CO)O4. The van der Waals surface area contributed by atoms with Gasteiger partial charge in [0.2, 0.25) is 0 Å². The number of aliphatic hydroxyl groups excluding tert-OH is 5. The Morgan fingerprint density at radius 2 is 1.66 bits per heavy atom. The second-order valence-electron chi connectivity index (χ2n) is 11.0. The summed E-state index contributed by atoms with van der Waals surface area (Å²) in [5.41, 5.74) is 0.842. The quantitative estimate of drug-likeness (QED) is 0.263. The second-order valence-corrected chi connectivity index (χ2v) is 11.0. The molecule has 3 aliphatic heterocycles. The monoisotopic (exact) mass is 576 g/mol. The third-order valence-corrected chi connectivity index (χ3v) is 8.05. The van der Waals surface area contributed by atoms with Gasteiger partial charge in [-0.25, -0.2) is 0 Å². The molecular formula is C29H36O12. The molecule has 2 aromatic rings. The number of rotatable bonds is 10. The van der Waals surface area contributed by atoms with Gasteiger partial charge in [-0.3, -0.25) is 4.79 Å². The van der Waals surface area contributed by atoms with E-state index in [1.807, 2.05) is 0 Å². The van der Waals surface area contributed by atoms with E-state index in [2.05, 4.69) is 0 Å². The van der Waals surface area contributed by atoms with E-state index in [0.29, 0.717) is 46.3 Å². The molecule has 0 saturated carbocycles. The molecule has 0 radical (unpaired) electrons. The summed E-state index contributed by atoms with van der Waals surface area (Å²) >= 11 is 0. The van der Waals surface area contributed by atoms with Gasteiger partial charge >= 0.3 is 0 Å². The smallest absolute Gasteiger partial charge is 0.178 e. The third-order valence-electron chi connectivity index (χ3n) is 8.05. The van der Waals surface area contributed by atoms with Gasteiger partial charge in [-0.1, -0.05) is 0 Å². The van der Waals surface area contributed by atoms with Crippen molar-refractivity contribution < 1.29 is 58.7 Å². The lowest BCUT2D eigenvalue weighted by molar-refractivity contribution is -0.157.